The van der Waals surface area contributed by atoms with Crippen LogP contribution in [0.4, 0.5) is 15.2 Å². The lowest BCUT2D eigenvalue weighted by Gasteiger charge is -2.15. The van der Waals surface area contributed by atoms with Gasteiger partial charge < -0.3 is 5.32 Å². The molecule has 3 rings (SSSR count). The maximum atomic E-state index is 13.1. The van der Waals surface area contributed by atoms with Crippen LogP contribution in [0.3, 0.4) is 0 Å². The number of halogens is 1. The number of nitrogens with one attached hydrogen (secondary N) is 1. The Morgan fingerprint density at radius 1 is 1.42 bits per heavy atom. The summed E-state index contributed by atoms with van der Waals surface area (Å²) >= 11 is 2.53. The molecule has 9 heteroatoms. The molecule has 0 aliphatic heterocycles. The van der Waals surface area contributed by atoms with Crippen molar-refractivity contribution in [3.63, 3.8) is 0 Å². The highest BCUT2D eigenvalue weighted by Crippen LogP contribution is 2.35. The van der Waals surface area contributed by atoms with Gasteiger partial charge in [-0.05, 0) is 31.0 Å². The molecule has 1 aromatic heterocycles. The third-order valence-corrected chi connectivity index (χ3v) is 5.34. The van der Waals surface area contributed by atoms with Gasteiger partial charge in [0.1, 0.15) is 5.82 Å². The summed E-state index contributed by atoms with van der Waals surface area (Å²) in [7, 11) is 0. The molecule has 0 saturated heterocycles. The van der Waals surface area contributed by atoms with Gasteiger partial charge in [0, 0.05) is 18.7 Å². The fourth-order valence-corrected chi connectivity index (χ4v) is 3.89. The number of hydrogen-bond donors (Lipinski definition) is 1. The summed E-state index contributed by atoms with van der Waals surface area (Å²) in [6.45, 7) is 1.51. The molecule has 24 heavy (non-hydrogen) atoms. The molecule has 0 spiro atoms. The quantitative estimate of drug-likeness (QED) is 0.628. The van der Waals surface area contributed by atoms with Gasteiger partial charge in [-0.1, -0.05) is 29.2 Å². The highest BCUT2D eigenvalue weighted by Gasteiger charge is 2.34. The molecule has 1 aliphatic carbocycles. The Labute approximate surface area is 146 Å². The third-order valence-electron chi connectivity index (χ3n) is 3.29. The van der Waals surface area contributed by atoms with Crippen molar-refractivity contribution >= 4 is 45.7 Å². The standard InChI is InChI=1S/C15H15FN4O2S2/c1-9(21)20(12-5-6-12)14-18-19-15(24-14)23-8-13(22)17-11-4-2-3-10(16)7-11/h2-4,7,12H,5-6,8H2,1H3,(H,17,22). The smallest absolute Gasteiger partial charge is 0.234 e. The average Bonchev–Trinajstić information content (AvgIpc) is 3.23. The Kier molecular flexibility index (Phi) is 5.10. The molecule has 0 atom stereocenters. The normalized spacial score (nSPS) is 13.6. The van der Waals surface area contributed by atoms with Crippen molar-refractivity contribution in [3.8, 4) is 0 Å². The van der Waals surface area contributed by atoms with Crippen molar-refractivity contribution in [1.82, 2.24) is 10.2 Å². The number of anilines is 2. The Morgan fingerprint density at radius 3 is 2.88 bits per heavy atom. The van der Waals surface area contributed by atoms with Gasteiger partial charge in [0.15, 0.2) is 4.34 Å². The Hall–Kier alpha value is -2.00. The molecular weight excluding hydrogens is 351 g/mol. The molecule has 0 unspecified atom stereocenters. The minimum Gasteiger partial charge on any atom is -0.325 e. The predicted molar refractivity (Wildman–Crippen MR) is 91.8 cm³/mol. The molecule has 1 fully saturated rings. The van der Waals surface area contributed by atoms with Crippen LogP contribution in [0, 0.1) is 5.82 Å². The summed E-state index contributed by atoms with van der Waals surface area (Å²) in [5.41, 5.74) is 0.412. The van der Waals surface area contributed by atoms with E-state index in [1.54, 1.807) is 11.0 Å². The van der Waals surface area contributed by atoms with Crippen molar-refractivity contribution in [1.29, 1.82) is 0 Å². The van der Waals surface area contributed by atoms with Crippen molar-refractivity contribution in [2.24, 2.45) is 0 Å². The van der Waals surface area contributed by atoms with Crippen molar-refractivity contribution in [2.75, 3.05) is 16.0 Å². The van der Waals surface area contributed by atoms with E-state index in [0.29, 0.717) is 15.2 Å². The Morgan fingerprint density at radius 2 is 2.21 bits per heavy atom. The van der Waals surface area contributed by atoms with Crippen LogP contribution in [0.1, 0.15) is 19.8 Å². The molecule has 126 valence electrons. The van der Waals surface area contributed by atoms with E-state index in [1.807, 2.05) is 0 Å². The van der Waals surface area contributed by atoms with Crippen LogP contribution in [-0.2, 0) is 9.59 Å². The zero-order chi connectivity index (χ0) is 17.1. The second kappa shape index (κ2) is 7.27. The number of rotatable bonds is 6. The molecule has 1 aromatic carbocycles. The number of benzene rings is 1. The molecule has 2 aromatic rings. The van der Waals surface area contributed by atoms with Gasteiger partial charge in [0.25, 0.3) is 0 Å². The molecule has 0 bridgehead atoms. The molecular formula is C15H15FN4O2S2. The fourth-order valence-electron chi connectivity index (χ4n) is 2.13. The number of hydrogen-bond acceptors (Lipinski definition) is 6. The van der Waals surface area contributed by atoms with E-state index >= 15 is 0 Å². The zero-order valence-corrected chi connectivity index (χ0v) is 14.5. The highest BCUT2D eigenvalue weighted by molar-refractivity contribution is 8.01. The Bertz CT molecular complexity index is 763. The van der Waals surface area contributed by atoms with Gasteiger partial charge in [0.2, 0.25) is 16.9 Å². The average molecular weight is 366 g/mol. The summed E-state index contributed by atoms with van der Waals surface area (Å²) in [5.74, 6) is -0.574. The number of nitrogens with zero attached hydrogens (tertiary/aromatic N) is 3. The van der Waals surface area contributed by atoms with Crippen molar-refractivity contribution in [3.05, 3.63) is 30.1 Å². The molecule has 0 radical (unpaired) electrons. The van der Waals surface area contributed by atoms with E-state index in [9.17, 15) is 14.0 Å². The van der Waals surface area contributed by atoms with Gasteiger partial charge in [-0.15, -0.1) is 10.2 Å². The topological polar surface area (TPSA) is 75.2 Å². The van der Waals surface area contributed by atoms with Crippen LogP contribution in [-0.4, -0.2) is 33.8 Å². The fraction of sp³-hybridized carbons (Fsp3) is 0.333. The first kappa shape index (κ1) is 16.8. The van der Waals surface area contributed by atoms with Crippen molar-refractivity contribution in [2.45, 2.75) is 30.1 Å². The predicted octanol–water partition coefficient (Wildman–Crippen LogP) is 2.92. The monoisotopic (exact) mass is 366 g/mol. The van der Waals surface area contributed by atoms with E-state index in [0.717, 1.165) is 12.8 Å². The number of amides is 2. The Balaban J connectivity index is 1.55. The summed E-state index contributed by atoms with van der Waals surface area (Å²) in [5, 5.41) is 11.3. The van der Waals surface area contributed by atoms with E-state index in [2.05, 4.69) is 15.5 Å². The minimum atomic E-state index is -0.404. The van der Waals surface area contributed by atoms with Gasteiger partial charge >= 0.3 is 0 Å². The maximum absolute atomic E-state index is 13.1. The van der Waals surface area contributed by atoms with Gasteiger partial charge in [0.05, 0.1) is 5.75 Å². The van der Waals surface area contributed by atoms with E-state index in [4.69, 9.17) is 0 Å². The molecule has 1 saturated carbocycles. The van der Waals surface area contributed by atoms with Crippen LogP contribution < -0.4 is 10.2 Å². The van der Waals surface area contributed by atoms with E-state index in [-0.39, 0.29) is 23.6 Å². The molecule has 1 N–H and O–H groups in total. The van der Waals surface area contributed by atoms with E-state index in [1.165, 1.54) is 48.2 Å². The summed E-state index contributed by atoms with van der Waals surface area (Å²) in [4.78, 5) is 25.3. The summed E-state index contributed by atoms with van der Waals surface area (Å²) in [6, 6.07) is 5.95. The summed E-state index contributed by atoms with van der Waals surface area (Å²) in [6.07, 6.45) is 1.97. The van der Waals surface area contributed by atoms with Crippen molar-refractivity contribution < 1.29 is 14.0 Å². The molecule has 1 heterocycles. The SMILES string of the molecule is CC(=O)N(c1nnc(SCC(=O)Nc2cccc(F)c2)s1)C1CC1. The van der Waals surface area contributed by atoms with Crippen LogP contribution in [0.2, 0.25) is 0 Å². The second-order valence-electron chi connectivity index (χ2n) is 5.32. The lowest BCUT2D eigenvalue weighted by Crippen LogP contribution is -2.30. The number of thioether (sulfide) groups is 1. The zero-order valence-electron chi connectivity index (χ0n) is 12.9. The number of carbonyl (C=O) groups is 2. The number of aromatic nitrogens is 2. The van der Waals surface area contributed by atoms with Gasteiger partial charge in [-0.3, -0.25) is 14.5 Å². The minimum absolute atomic E-state index is 0.0472. The van der Waals surface area contributed by atoms with Crippen LogP contribution >= 0.6 is 23.1 Å². The largest absolute Gasteiger partial charge is 0.325 e. The van der Waals surface area contributed by atoms with Crippen LogP contribution in [0.25, 0.3) is 0 Å². The third kappa shape index (κ3) is 4.30. The van der Waals surface area contributed by atoms with Gasteiger partial charge in [-0.25, -0.2) is 4.39 Å². The highest BCUT2D eigenvalue weighted by atomic mass is 32.2. The first-order valence-electron chi connectivity index (χ1n) is 7.34. The second-order valence-corrected chi connectivity index (χ2v) is 7.50. The van der Waals surface area contributed by atoms with Crippen LogP contribution in [0.5, 0.6) is 0 Å². The lowest BCUT2D eigenvalue weighted by atomic mass is 10.3. The van der Waals surface area contributed by atoms with Crippen LogP contribution in [0.15, 0.2) is 28.6 Å². The first-order chi connectivity index (χ1) is 11.5. The molecule has 1 aliphatic rings. The number of carbonyl (C=O) groups excluding carboxylic acids is 2. The first-order valence-corrected chi connectivity index (χ1v) is 9.14. The van der Waals surface area contributed by atoms with Gasteiger partial charge in [-0.2, -0.15) is 0 Å². The summed E-state index contributed by atoms with van der Waals surface area (Å²) < 4.78 is 13.7. The van der Waals surface area contributed by atoms with E-state index < -0.39 is 5.82 Å². The molecule has 2 amide bonds. The lowest BCUT2D eigenvalue weighted by molar-refractivity contribution is -0.116. The molecule has 6 nitrogen and oxygen atoms in total. The maximum Gasteiger partial charge on any atom is 0.234 e.